The van der Waals surface area contributed by atoms with Gasteiger partial charge in [-0.3, -0.25) is 9.48 Å². The van der Waals surface area contributed by atoms with E-state index in [-0.39, 0.29) is 25.0 Å². The highest BCUT2D eigenvalue weighted by molar-refractivity contribution is 5.76. The predicted molar refractivity (Wildman–Crippen MR) is 70.1 cm³/mol. The van der Waals surface area contributed by atoms with E-state index in [9.17, 15) is 9.59 Å². The van der Waals surface area contributed by atoms with Gasteiger partial charge in [0.05, 0.1) is 6.42 Å². The first-order valence-corrected chi connectivity index (χ1v) is 6.67. The third kappa shape index (κ3) is 4.22. The molecule has 8 heteroatoms. The molecule has 0 saturated heterocycles. The number of amides is 2. The number of aliphatic carboxylic acids is 1. The van der Waals surface area contributed by atoms with E-state index in [4.69, 9.17) is 5.11 Å². The van der Waals surface area contributed by atoms with Crippen LogP contribution in [-0.2, 0) is 18.3 Å². The first-order chi connectivity index (χ1) is 9.56. The van der Waals surface area contributed by atoms with E-state index in [0.29, 0.717) is 18.8 Å². The van der Waals surface area contributed by atoms with Gasteiger partial charge in [-0.1, -0.05) is 0 Å². The normalized spacial score (nSPS) is 14.1. The fourth-order valence-corrected chi connectivity index (χ4v) is 1.93. The summed E-state index contributed by atoms with van der Waals surface area (Å²) >= 11 is 0. The SMILES string of the molecule is Cn1cnc(CCNC(=O)N(CCC(=O)O)C2CC2)n1. The number of hydrogen-bond acceptors (Lipinski definition) is 4. The number of carbonyl (C=O) groups excluding carboxylic acids is 1. The van der Waals surface area contributed by atoms with Crippen molar-refractivity contribution in [1.82, 2.24) is 25.0 Å². The highest BCUT2D eigenvalue weighted by Crippen LogP contribution is 2.26. The fourth-order valence-electron chi connectivity index (χ4n) is 1.93. The van der Waals surface area contributed by atoms with Crippen molar-refractivity contribution in [2.45, 2.75) is 31.7 Å². The van der Waals surface area contributed by atoms with Crippen LogP contribution >= 0.6 is 0 Å². The molecule has 0 radical (unpaired) electrons. The molecule has 8 nitrogen and oxygen atoms in total. The van der Waals surface area contributed by atoms with E-state index in [1.54, 1.807) is 23.0 Å². The maximum Gasteiger partial charge on any atom is 0.317 e. The Bertz CT molecular complexity index is 483. The van der Waals surface area contributed by atoms with E-state index in [1.165, 1.54) is 0 Å². The molecule has 1 aliphatic rings. The summed E-state index contributed by atoms with van der Waals surface area (Å²) in [5.74, 6) is -0.211. The molecule has 0 unspecified atom stereocenters. The van der Waals surface area contributed by atoms with Crippen LogP contribution in [0.2, 0.25) is 0 Å². The van der Waals surface area contributed by atoms with E-state index in [0.717, 1.165) is 12.8 Å². The van der Waals surface area contributed by atoms with Crippen molar-refractivity contribution < 1.29 is 14.7 Å². The molecule has 1 fully saturated rings. The zero-order valence-corrected chi connectivity index (χ0v) is 11.4. The van der Waals surface area contributed by atoms with Crippen LogP contribution in [-0.4, -0.2) is 55.9 Å². The number of aromatic nitrogens is 3. The van der Waals surface area contributed by atoms with Gasteiger partial charge in [-0.15, -0.1) is 0 Å². The van der Waals surface area contributed by atoms with E-state index >= 15 is 0 Å². The van der Waals surface area contributed by atoms with Crippen molar-refractivity contribution in [3.05, 3.63) is 12.2 Å². The monoisotopic (exact) mass is 281 g/mol. The van der Waals surface area contributed by atoms with Crippen LogP contribution in [0.1, 0.15) is 25.1 Å². The summed E-state index contributed by atoms with van der Waals surface area (Å²) in [5.41, 5.74) is 0. The number of carboxylic acid groups (broad SMARTS) is 1. The van der Waals surface area contributed by atoms with Crippen LogP contribution in [0.5, 0.6) is 0 Å². The average molecular weight is 281 g/mol. The number of urea groups is 1. The second kappa shape index (κ2) is 6.36. The zero-order chi connectivity index (χ0) is 14.5. The Balaban J connectivity index is 1.75. The lowest BCUT2D eigenvalue weighted by Crippen LogP contribution is -2.43. The highest BCUT2D eigenvalue weighted by atomic mass is 16.4. The second-order valence-electron chi connectivity index (χ2n) is 4.88. The third-order valence-corrected chi connectivity index (χ3v) is 3.09. The highest BCUT2D eigenvalue weighted by Gasteiger charge is 2.32. The zero-order valence-electron chi connectivity index (χ0n) is 11.4. The summed E-state index contributed by atoms with van der Waals surface area (Å²) in [5, 5.41) is 15.6. The van der Waals surface area contributed by atoms with Crippen LogP contribution < -0.4 is 5.32 Å². The minimum Gasteiger partial charge on any atom is -0.481 e. The molecule has 1 aliphatic carbocycles. The van der Waals surface area contributed by atoms with Gasteiger partial charge in [0.15, 0.2) is 5.82 Å². The molecule has 0 spiro atoms. The Kier molecular flexibility index (Phi) is 4.54. The van der Waals surface area contributed by atoms with E-state index in [2.05, 4.69) is 15.4 Å². The smallest absolute Gasteiger partial charge is 0.317 e. The fraction of sp³-hybridized carbons (Fsp3) is 0.667. The molecule has 1 heterocycles. The minimum absolute atomic E-state index is 0.0221. The Morgan fingerprint density at radius 2 is 2.30 bits per heavy atom. The van der Waals surface area contributed by atoms with Crippen LogP contribution in [0.3, 0.4) is 0 Å². The number of rotatable bonds is 7. The molecule has 2 amide bonds. The Hall–Kier alpha value is -2.12. The maximum absolute atomic E-state index is 12.0. The lowest BCUT2D eigenvalue weighted by molar-refractivity contribution is -0.137. The molecule has 0 bridgehead atoms. The number of hydrogen-bond donors (Lipinski definition) is 2. The molecular formula is C12H19N5O3. The summed E-state index contributed by atoms with van der Waals surface area (Å²) in [4.78, 5) is 28.3. The molecule has 0 aromatic carbocycles. The molecule has 0 atom stereocenters. The largest absolute Gasteiger partial charge is 0.481 e. The van der Waals surface area contributed by atoms with Gasteiger partial charge in [0, 0.05) is 32.6 Å². The lowest BCUT2D eigenvalue weighted by atomic mass is 10.3. The summed E-state index contributed by atoms with van der Waals surface area (Å²) < 4.78 is 1.61. The summed E-state index contributed by atoms with van der Waals surface area (Å²) in [6.45, 7) is 0.701. The van der Waals surface area contributed by atoms with Crippen LogP contribution in [0, 0.1) is 0 Å². The van der Waals surface area contributed by atoms with Gasteiger partial charge in [-0.05, 0) is 12.8 Å². The van der Waals surface area contributed by atoms with Gasteiger partial charge in [0.2, 0.25) is 0 Å². The number of carboxylic acids is 1. The molecule has 1 aromatic heterocycles. The number of carbonyl (C=O) groups is 2. The summed E-state index contributed by atoms with van der Waals surface area (Å²) in [7, 11) is 1.79. The maximum atomic E-state index is 12.0. The number of nitrogens with one attached hydrogen (secondary N) is 1. The van der Waals surface area contributed by atoms with Gasteiger partial charge in [-0.2, -0.15) is 5.10 Å². The Morgan fingerprint density at radius 1 is 1.55 bits per heavy atom. The Morgan fingerprint density at radius 3 is 2.85 bits per heavy atom. The van der Waals surface area contributed by atoms with Crippen molar-refractivity contribution in [2.75, 3.05) is 13.1 Å². The van der Waals surface area contributed by atoms with Crippen LogP contribution in [0.15, 0.2) is 6.33 Å². The molecule has 0 aliphatic heterocycles. The summed E-state index contributed by atoms with van der Waals surface area (Å²) in [6, 6.07) is -0.00740. The standard InChI is InChI=1S/C12H19N5O3/c1-16-8-14-10(15-16)4-6-13-12(20)17(9-2-3-9)7-5-11(18)19/h8-9H,2-7H2,1H3,(H,13,20)(H,18,19). The van der Waals surface area contributed by atoms with Crippen molar-refractivity contribution in [2.24, 2.45) is 7.05 Å². The molecule has 2 N–H and O–H groups in total. The van der Waals surface area contributed by atoms with Gasteiger partial charge in [-0.25, -0.2) is 9.78 Å². The van der Waals surface area contributed by atoms with Crippen LogP contribution in [0.25, 0.3) is 0 Å². The van der Waals surface area contributed by atoms with Crippen molar-refractivity contribution in [1.29, 1.82) is 0 Å². The van der Waals surface area contributed by atoms with Gasteiger partial charge in [0.1, 0.15) is 6.33 Å². The molecule has 1 saturated carbocycles. The van der Waals surface area contributed by atoms with E-state index in [1.807, 2.05) is 0 Å². The van der Waals surface area contributed by atoms with E-state index < -0.39 is 5.97 Å². The van der Waals surface area contributed by atoms with Gasteiger partial charge < -0.3 is 15.3 Å². The molecular weight excluding hydrogens is 262 g/mol. The minimum atomic E-state index is -0.888. The molecule has 110 valence electrons. The average Bonchev–Trinajstić information content (AvgIpc) is 3.13. The Labute approximate surface area is 116 Å². The van der Waals surface area contributed by atoms with Crippen molar-refractivity contribution in [3.63, 3.8) is 0 Å². The third-order valence-electron chi connectivity index (χ3n) is 3.09. The number of nitrogens with zero attached hydrogens (tertiary/aromatic N) is 4. The first kappa shape index (κ1) is 14.3. The van der Waals surface area contributed by atoms with Gasteiger partial charge in [0.25, 0.3) is 0 Å². The lowest BCUT2D eigenvalue weighted by Gasteiger charge is -2.21. The first-order valence-electron chi connectivity index (χ1n) is 6.67. The van der Waals surface area contributed by atoms with Gasteiger partial charge >= 0.3 is 12.0 Å². The topological polar surface area (TPSA) is 100 Å². The molecule has 20 heavy (non-hydrogen) atoms. The second-order valence-corrected chi connectivity index (χ2v) is 4.88. The predicted octanol–water partition coefficient (Wildman–Crippen LogP) is 0.00630. The quantitative estimate of drug-likeness (QED) is 0.733. The van der Waals surface area contributed by atoms with Crippen LogP contribution in [0.4, 0.5) is 4.79 Å². The molecule has 2 rings (SSSR count). The van der Waals surface area contributed by atoms with Crippen molar-refractivity contribution in [3.8, 4) is 0 Å². The summed E-state index contributed by atoms with van der Waals surface area (Å²) in [6.07, 6.45) is 4.06. The van der Waals surface area contributed by atoms with Crippen molar-refractivity contribution >= 4 is 12.0 Å². The molecule has 1 aromatic rings. The number of aryl methyl sites for hydroxylation is 1.